The molecule has 1 unspecified atom stereocenters. The summed E-state index contributed by atoms with van der Waals surface area (Å²) in [7, 11) is 5.60. The van der Waals surface area contributed by atoms with Gasteiger partial charge < -0.3 is 0 Å². The number of benzene rings is 2. The van der Waals surface area contributed by atoms with Gasteiger partial charge in [-0.25, -0.2) is 0 Å². The van der Waals surface area contributed by atoms with Crippen LogP contribution in [0.4, 0.5) is 0 Å². The number of fused-ring (bicyclic) bond motifs is 3. The molecule has 1 aromatic heterocycles. The monoisotopic (exact) mass is 434 g/mol. The minimum Gasteiger partial charge on any atom is -0.293 e. The summed E-state index contributed by atoms with van der Waals surface area (Å²) in [5, 5.41) is 3.34. The second-order valence-electron chi connectivity index (χ2n) is 4.85. The van der Waals surface area contributed by atoms with Crippen LogP contribution >= 0.6 is 43.2 Å². The van der Waals surface area contributed by atoms with Crippen LogP contribution in [0, 0.1) is 0 Å². The highest BCUT2D eigenvalue weighted by Crippen LogP contribution is 2.34. The van der Waals surface area contributed by atoms with E-state index >= 15 is 0 Å². The maximum absolute atomic E-state index is 12.0. The zero-order chi connectivity index (χ0) is 15.9. The highest BCUT2D eigenvalue weighted by molar-refractivity contribution is 9.10. The van der Waals surface area contributed by atoms with Crippen molar-refractivity contribution in [2.75, 3.05) is 5.33 Å². The van der Waals surface area contributed by atoms with E-state index in [2.05, 4.69) is 31.9 Å². The fourth-order valence-corrected chi connectivity index (χ4v) is 4.23. The number of carbonyl (C=O) groups is 2. The summed E-state index contributed by atoms with van der Waals surface area (Å²) < 4.78 is 0.349. The molecule has 22 heavy (non-hydrogen) atoms. The Labute approximate surface area is 149 Å². The second kappa shape index (κ2) is 6.26. The van der Waals surface area contributed by atoms with Gasteiger partial charge in [-0.3, -0.25) is 9.59 Å². The van der Waals surface area contributed by atoms with Crippen LogP contribution in [0.15, 0.2) is 36.4 Å². The molecule has 2 nitrogen and oxygen atoms in total. The Morgan fingerprint density at radius 3 is 2.55 bits per heavy atom. The van der Waals surface area contributed by atoms with Crippen LogP contribution < -0.4 is 0 Å². The molecule has 0 aliphatic rings. The van der Waals surface area contributed by atoms with Crippen molar-refractivity contribution in [3.05, 3.63) is 46.8 Å². The van der Waals surface area contributed by atoms with E-state index in [1.54, 1.807) is 0 Å². The summed E-state index contributed by atoms with van der Waals surface area (Å²) in [4.78, 5) is 24.4. The molecule has 0 spiro atoms. The Balaban J connectivity index is 2.19. The molecule has 1 atom stereocenters. The standard InChI is InChI=1S/C16H9BBr2O2S/c17-16(19)14(21)13-6-10-2-1-8-5-9(12(20)7-18)3-4-11(8)15(10)22-13/h1-6,16H,7H2. The Hall–Kier alpha value is -0.975. The fraction of sp³-hybridized carbons (Fsp3) is 0.125. The van der Waals surface area contributed by atoms with Crippen LogP contribution in [0.3, 0.4) is 0 Å². The number of thiophene rings is 1. The van der Waals surface area contributed by atoms with Gasteiger partial charge in [-0.15, -0.1) is 11.3 Å². The normalized spacial score (nSPS) is 12.6. The van der Waals surface area contributed by atoms with Crippen LogP contribution in [0.5, 0.6) is 0 Å². The van der Waals surface area contributed by atoms with Crippen molar-refractivity contribution in [3.63, 3.8) is 0 Å². The van der Waals surface area contributed by atoms with Crippen molar-refractivity contribution in [3.8, 4) is 0 Å². The number of rotatable bonds is 4. The van der Waals surface area contributed by atoms with Crippen LogP contribution in [-0.4, -0.2) is 29.5 Å². The van der Waals surface area contributed by atoms with Crippen LogP contribution in [-0.2, 0) is 0 Å². The van der Waals surface area contributed by atoms with Crippen molar-refractivity contribution in [2.24, 2.45) is 0 Å². The van der Waals surface area contributed by atoms with Gasteiger partial charge in [0.1, 0.15) is 0 Å². The zero-order valence-electron chi connectivity index (χ0n) is 11.3. The lowest BCUT2D eigenvalue weighted by Gasteiger charge is -2.02. The van der Waals surface area contributed by atoms with E-state index in [-0.39, 0.29) is 11.6 Å². The number of Topliss-reactive ketones (excluding diaryl/α,β-unsaturated/α-hetero) is 2. The SMILES string of the molecule is [B]C(Br)C(=O)c1cc2ccc3cc(C(=O)CBr)ccc3c2s1. The molecule has 0 aliphatic heterocycles. The molecular weight excluding hydrogens is 427 g/mol. The number of halogens is 2. The van der Waals surface area contributed by atoms with Crippen LogP contribution in [0.1, 0.15) is 20.0 Å². The van der Waals surface area contributed by atoms with Crippen LogP contribution in [0.2, 0.25) is 0 Å². The predicted octanol–water partition coefficient (Wildman–Crippen LogP) is 4.70. The van der Waals surface area contributed by atoms with Crippen molar-refractivity contribution < 1.29 is 9.59 Å². The average Bonchev–Trinajstić information content (AvgIpc) is 2.96. The molecule has 0 aliphatic carbocycles. The fourth-order valence-electron chi connectivity index (χ4n) is 2.33. The molecular formula is C16H9BBr2O2S. The largest absolute Gasteiger partial charge is 0.293 e. The van der Waals surface area contributed by atoms with Gasteiger partial charge in [-0.1, -0.05) is 56.1 Å². The molecule has 0 saturated heterocycles. The van der Waals surface area contributed by atoms with Crippen molar-refractivity contribution in [1.29, 1.82) is 0 Å². The molecule has 6 heteroatoms. The van der Waals surface area contributed by atoms with E-state index in [0.29, 0.717) is 15.8 Å². The van der Waals surface area contributed by atoms with Gasteiger partial charge in [0.25, 0.3) is 0 Å². The molecule has 3 aromatic rings. The summed E-state index contributed by atoms with van der Waals surface area (Å²) in [6.45, 7) is 0. The second-order valence-corrected chi connectivity index (χ2v) is 7.45. The van der Waals surface area contributed by atoms with E-state index < -0.39 is 4.73 Å². The van der Waals surface area contributed by atoms with Gasteiger partial charge >= 0.3 is 0 Å². The first-order chi connectivity index (χ1) is 10.5. The Kier molecular flexibility index (Phi) is 4.53. The zero-order valence-corrected chi connectivity index (χ0v) is 15.3. The summed E-state index contributed by atoms with van der Waals surface area (Å²) in [5.74, 6) is -0.0743. The molecule has 108 valence electrons. The van der Waals surface area contributed by atoms with Gasteiger partial charge in [0.15, 0.2) is 11.6 Å². The Bertz CT molecular complexity index is 902. The average molecular weight is 436 g/mol. The number of hydrogen-bond donors (Lipinski definition) is 0. The lowest BCUT2D eigenvalue weighted by atomic mass is 9.99. The maximum Gasteiger partial charge on any atom is 0.177 e. The van der Waals surface area contributed by atoms with Gasteiger partial charge in [0, 0.05) is 15.0 Å². The highest BCUT2D eigenvalue weighted by Gasteiger charge is 2.16. The molecule has 3 rings (SSSR count). The van der Waals surface area contributed by atoms with E-state index in [1.807, 2.05) is 36.4 Å². The Morgan fingerprint density at radius 1 is 1.14 bits per heavy atom. The summed E-state index contributed by atoms with van der Waals surface area (Å²) >= 11 is 7.73. The van der Waals surface area contributed by atoms with Crippen LogP contribution in [0.25, 0.3) is 20.9 Å². The van der Waals surface area contributed by atoms with Crippen molar-refractivity contribution in [1.82, 2.24) is 0 Å². The predicted molar refractivity (Wildman–Crippen MR) is 100 cm³/mol. The molecule has 1 heterocycles. The molecule has 0 saturated carbocycles. The van der Waals surface area contributed by atoms with Gasteiger partial charge in [0.05, 0.1) is 18.1 Å². The lowest BCUT2D eigenvalue weighted by molar-refractivity contribution is 0.101. The van der Waals surface area contributed by atoms with E-state index in [0.717, 1.165) is 20.9 Å². The summed E-state index contributed by atoms with van der Waals surface area (Å²) in [5.41, 5.74) is 0.680. The first-order valence-corrected chi connectivity index (χ1v) is 9.36. The third-order valence-electron chi connectivity index (χ3n) is 3.44. The molecule has 0 amide bonds. The maximum atomic E-state index is 12.0. The number of alkyl halides is 2. The van der Waals surface area contributed by atoms with E-state index in [9.17, 15) is 9.59 Å². The van der Waals surface area contributed by atoms with Gasteiger partial charge in [-0.05, 0) is 28.3 Å². The van der Waals surface area contributed by atoms with Gasteiger partial charge in [0.2, 0.25) is 0 Å². The van der Waals surface area contributed by atoms with Crippen molar-refractivity contribution >= 4 is 83.5 Å². The Morgan fingerprint density at radius 2 is 1.86 bits per heavy atom. The molecule has 0 N–H and O–H groups in total. The third-order valence-corrected chi connectivity index (χ3v) is 5.56. The lowest BCUT2D eigenvalue weighted by Crippen LogP contribution is -2.11. The number of ketones is 2. The van der Waals surface area contributed by atoms with E-state index in [1.165, 1.54) is 11.3 Å². The highest BCUT2D eigenvalue weighted by atomic mass is 79.9. The third kappa shape index (κ3) is 2.80. The molecule has 0 bridgehead atoms. The smallest absolute Gasteiger partial charge is 0.177 e. The summed E-state index contributed by atoms with van der Waals surface area (Å²) in [6, 6.07) is 11.4. The first kappa shape index (κ1) is 15.9. The molecule has 0 fully saturated rings. The molecule has 2 radical (unpaired) electrons. The minimum atomic E-state index is -0.685. The summed E-state index contributed by atoms with van der Waals surface area (Å²) in [6.07, 6.45) is 0. The molecule has 2 aromatic carbocycles. The quantitative estimate of drug-likeness (QED) is 0.338. The minimum absolute atomic E-state index is 0.0503. The number of hydrogen-bond acceptors (Lipinski definition) is 3. The van der Waals surface area contributed by atoms with E-state index in [4.69, 9.17) is 7.85 Å². The first-order valence-electron chi connectivity index (χ1n) is 6.50. The number of carbonyl (C=O) groups excluding carboxylic acids is 2. The topological polar surface area (TPSA) is 34.1 Å². The van der Waals surface area contributed by atoms with Gasteiger partial charge in [-0.2, -0.15) is 0 Å². The van der Waals surface area contributed by atoms with Crippen molar-refractivity contribution in [2.45, 2.75) is 4.73 Å².